The second kappa shape index (κ2) is 14.2. The van der Waals surface area contributed by atoms with E-state index < -0.39 is 0 Å². The molecule has 118 valence electrons. The Bertz CT molecular complexity index is 268. The van der Waals surface area contributed by atoms with E-state index in [-0.39, 0.29) is 5.97 Å². The highest BCUT2D eigenvalue weighted by molar-refractivity contribution is 5.79. The number of hydrogen-bond donors (Lipinski definition) is 2. The first kappa shape index (κ1) is 18.7. The Labute approximate surface area is 123 Å². The Hall–Kier alpha value is -1.26. The summed E-state index contributed by atoms with van der Waals surface area (Å²) in [5, 5.41) is 6.57. The highest BCUT2D eigenvalue weighted by Crippen LogP contribution is 2.03. The number of unbranched alkanes of at least 4 members (excludes halogenated alkanes) is 4. The van der Waals surface area contributed by atoms with Crippen LogP contribution in [0, 0.1) is 0 Å². The predicted molar refractivity (Wildman–Crippen MR) is 84.0 cm³/mol. The summed E-state index contributed by atoms with van der Waals surface area (Å²) in [4.78, 5) is 15.5. The van der Waals surface area contributed by atoms with E-state index in [9.17, 15) is 4.79 Å². The lowest BCUT2D eigenvalue weighted by molar-refractivity contribution is -0.140. The van der Waals surface area contributed by atoms with Gasteiger partial charge in [-0.1, -0.05) is 26.2 Å². The average Bonchev–Trinajstić information content (AvgIpc) is 2.46. The number of carbonyl (C=O) groups excluding carboxylic acids is 1. The van der Waals surface area contributed by atoms with E-state index in [1.807, 2.05) is 0 Å². The van der Waals surface area contributed by atoms with Gasteiger partial charge in [-0.05, 0) is 26.2 Å². The maximum atomic E-state index is 10.9. The number of aliphatic imine (C=N–C) groups is 1. The van der Waals surface area contributed by atoms with Gasteiger partial charge in [0, 0.05) is 26.1 Å². The van der Waals surface area contributed by atoms with E-state index in [0.717, 1.165) is 57.7 Å². The molecule has 0 atom stereocenters. The van der Waals surface area contributed by atoms with Crippen molar-refractivity contribution in [3.05, 3.63) is 0 Å². The van der Waals surface area contributed by atoms with E-state index in [0.29, 0.717) is 6.42 Å². The van der Waals surface area contributed by atoms with Crippen molar-refractivity contribution in [3.8, 4) is 0 Å². The zero-order chi connectivity index (χ0) is 15.1. The highest BCUT2D eigenvalue weighted by atomic mass is 16.5. The van der Waals surface area contributed by atoms with Crippen molar-refractivity contribution in [2.24, 2.45) is 4.99 Å². The summed E-state index contributed by atoms with van der Waals surface area (Å²) < 4.78 is 4.61. The number of carbonyl (C=O) groups is 1. The number of guanidine groups is 1. The first-order valence-corrected chi connectivity index (χ1v) is 7.83. The largest absolute Gasteiger partial charge is 0.469 e. The minimum atomic E-state index is -0.113. The van der Waals surface area contributed by atoms with Crippen molar-refractivity contribution >= 4 is 11.9 Å². The maximum Gasteiger partial charge on any atom is 0.305 e. The van der Waals surface area contributed by atoms with Crippen molar-refractivity contribution in [3.63, 3.8) is 0 Å². The van der Waals surface area contributed by atoms with Crippen LogP contribution in [-0.2, 0) is 9.53 Å². The fourth-order valence-corrected chi connectivity index (χ4v) is 1.75. The molecule has 0 aromatic carbocycles. The van der Waals surface area contributed by atoms with Gasteiger partial charge in [0.25, 0.3) is 0 Å². The van der Waals surface area contributed by atoms with Crippen LogP contribution in [0.5, 0.6) is 0 Å². The number of nitrogens with zero attached hydrogens (tertiary/aromatic N) is 1. The third-order valence-corrected chi connectivity index (χ3v) is 2.95. The van der Waals surface area contributed by atoms with Gasteiger partial charge in [0.15, 0.2) is 5.96 Å². The average molecular weight is 285 g/mol. The molecule has 0 aromatic heterocycles. The van der Waals surface area contributed by atoms with Gasteiger partial charge in [0.05, 0.1) is 7.11 Å². The standard InChI is InChI=1S/C15H31N3O2/c1-4-6-12-17-15(16-5-2)18-13-10-8-7-9-11-14(19)20-3/h4-13H2,1-3H3,(H2,16,17,18). The first-order valence-electron chi connectivity index (χ1n) is 7.83. The van der Waals surface area contributed by atoms with Gasteiger partial charge in [-0.3, -0.25) is 9.79 Å². The second-order valence-electron chi connectivity index (χ2n) is 4.78. The predicted octanol–water partition coefficient (Wildman–Crippen LogP) is 2.47. The van der Waals surface area contributed by atoms with Crippen molar-refractivity contribution < 1.29 is 9.53 Å². The third kappa shape index (κ3) is 11.8. The molecule has 5 nitrogen and oxygen atoms in total. The SMILES string of the molecule is CCCCNC(=NCCCCCCC(=O)OC)NCC. The van der Waals surface area contributed by atoms with Gasteiger partial charge in [0.1, 0.15) is 0 Å². The Morgan fingerprint density at radius 2 is 1.80 bits per heavy atom. The molecule has 0 aliphatic heterocycles. The molecular formula is C15H31N3O2. The number of ether oxygens (including phenoxy) is 1. The lowest BCUT2D eigenvalue weighted by Crippen LogP contribution is -2.37. The Morgan fingerprint density at radius 3 is 2.45 bits per heavy atom. The molecule has 0 amide bonds. The summed E-state index contributed by atoms with van der Waals surface area (Å²) >= 11 is 0. The normalized spacial score (nSPS) is 11.2. The van der Waals surface area contributed by atoms with E-state index in [1.165, 1.54) is 13.5 Å². The van der Waals surface area contributed by atoms with Gasteiger partial charge >= 0.3 is 5.97 Å². The van der Waals surface area contributed by atoms with Crippen molar-refractivity contribution in [2.45, 2.75) is 58.8 Å². The van der Waals surface area contributed by atoms with Crippen LogP contribution in [0.2, 0.25) is 0 Å². The molecule has 5 heteroatoms. The van der Waals surface area contributed by atoms with Gasteiger partial charge in [-0.15, -0.1) is 0 Å². The summed E-state index contributed by atoms with van der Waals surface area (Å²) in [6.45, 7) is 6.95. The van der Waals surface area contributed by atoms with Crippen LogP contribution in [0.15, 0.2) is 4.99 Å². The minimum absolute atomic E-state index is 0.113. The molecule has 0 fully saturated rings. The number of rotatable bonds is 11. The Morgan fingerprint density at radius 1 is 1.05 bits per heavy atom. The summed E-state index contributed by atoms with van der Waals surface area (Å²) in [5.74, 6) is 0.799. The zero-order valence-electron chi connectivity index (χ0n) is 13.3. The van der Waals surface area contributed by atoms with Crippen LogP contribution < -0.4 is 10.6 Å². The van der Waals surface area contributed by atoms with Crippen LogP contribution in [0.25, 0.3) is 0 Å². The van der Waals surface area contributed by atoms with Crippen molar-refractivity contribution in [1.29, 1.82) is 0 Å². The smallest absolute Gasteiger partial charge is 0.305 e. The molecule has 0 aromatic rings. The Kier molecular flexibility index (Phi) is 13.3. The lowest BCUT2D eigenvalue weighted by atomic mass is 10.1. The third-order valence-electron chi connectivity index (χ3n) is 2.95. The fourth-order valence-electron chi connectivity index (χ4n) is 1.75. The van der Waals surface area contributed by atoms with E-state index >= 15 is 0 Å². The number of nitrogens with one attached hydrogen (secondary N) is 2. The van der Waals surface area contributed by atoms with E-state index in [2.05, 4.69) is 34.2 Å². The maximum absolute atomic E-state index is 10.9. The number of esters is 1. The summed E-state index contributed by atoms with van der Waals surface area (Å²) in [6, 6.07) is 0. The molecule has 0 aliphatic carbocycles. The molecule has 0 aliphatic rings. The van der Waals surface area contributed by atoms with Gasteiger partial charge < -0.3 is 15.4 Å². The molecule has 20 heavy (non-hydrogen) atoms. The van der Waals surface area contributed by atoms with Gasteiger partial charge in [-0.2, -0.15) is 0 Å². The number of methoxy groups -OCH3 is 1. The van der Waals surface area contributed by atoms with Crippen LogP contribution >= 0.6 is 0 Å². The second-order valence-corrected chi connectivity index (χ2v) is 4.78. The van der Waals surface area contributed by atoms with Gasteiger partial charge in [0.2, 0.25) is 0 Å². The molecule has 0 rings (SSSR count). The van der Waals surface area contributed by atoms with Crippen LogP contribution in [0.3, 0.4) is 0 Å². The summed E-state index contributed by atoms with van der Waals surface area (Å²) in [6.07, 6.45) is 7.02. The lowest BCUT2D eigenvalue weighted by Gasteiger charge is -2.10. The minimum Gasteiger partial charge on any atom is -0.469 e. The quantitative estimate of drug-likeness (QED) is 0.265. The molecule has 2 N–H and O–H groups in total. The molecular weight excluding hydrogens is 254 g/mol. The molecule has 0 radical (unpaired) electrons. The fraction of sp³-hybridized carbons (Fsp3) is 0.867. The molecule has 0 unspecified atom stereocenters. The topological polar surface area (TPSA) is 62.7 Å². The molecule has 0 bridgehead atoms. The first-order chi connectivity index (χ1) is 9.74. The van der Waals surface area contributed by atoms with E-state index in [4.69, 9.17) is 0 Å². The van der Waals surface area contributed by atoms with E-state index in [1.54, 1.807) is 0 Å². The van der Waals surface area contributed by atoms with Gasteiger partial charge in [-0.25, -0.2) is 0 Å². The van der Waals surface area contributed by atoms with Crippen LogP contribution in [0.4, 0.5) is 0 Å². The monoisotopic (exact) mass is 285 g/mol. The highest BCUT2D eigenvalue weighted by Gasteiger charge is 1.99. The van der Waals surface area contributed by atoms with Crippen molar-refractivity contribution in [2.75, 3.05) is 26.7 Å². The molecule has 0 saturated carbocycles. The zero-order valence-corrected chi connectivity index (χ0v) is 13.3. The van der Waals surface area contributed by atoms with Crippen molar-refractivity contribution in [1.82, 2.24) is 10.6 Å². The Balaban J connectivity index is 3.63. The molecule has 0 heterocycles. The summed E-state index contributed by atoms with van der Waals surface area (Å²) in [7, 11) is 1.44. The van der Waals surface area contributed by atoms with Crippen LogP contribution in [0.1, 0.15) is 58.8 Å². The molecule has 0 spiro atoms. The molecule has 0 saturated heterocycles. The van der Waals surface area contributed by atoms with Crippen LogP contribution in [-0.4, -0.2) is 38.7 Å². The summed E-state index contributed by atoms with van der Waals surface area (Å²) in [5.41, 5.74) is 0. The number of hydrogen-bond acceptors (Lipinski definition) is 3.